The van der Waals surface area contributed by atoms with E-state index in [2.05, 4.69) is 5.32 Å². The Labute approximate surface area is 159 Å². The predicted octanol–water partition coefficient (Wildman–Crippen LogP) is 3.91. The number of rotatable bonds is 3. The lowest BCUT2D eigenvalue weighted by atomic mass is 10.1. The maximum Gasteiger partial charge on any atom is 0.321 e. The number of carbonyl (C=O) groups excluding carboxylic acids is 1. The number of likely N-dealkylation sites (tertiary alicyclic amines) is 1. The highest BCUT2D eigenvalue weighted by molar-refractivity contribution is 7.92. The fourth-order valence-corrected chi connectivity index (χ4v) is 4.94. The summed E-state index contributed by atoms with van der Waals surface area (Å²) < 4.78 is 38.4. The first-order valence-electron chi connectivity index (χ1n) is 8.90. The number of amides is 2. The lowest BCUT2D eigenvalue weighted by Crippen LogP contribution is -2.44. The number of anilines is 1. The molecule has 0 bridgehead atoms. The molecule has 2 amide bonds. The molecule has 3 rings (SSSR count). The third-order valence-electron chi connectivity index (χ3n) is 5.07. The van der Waals surface area contributed by atoms with Crippen molar-refractivity contribution < 1.29 is 17.6 Å². The van der Waals surface area contributed by atoms with Gasteiger partial charge in [0.15, 0.2) is 9.84 Å². The van der Waals surface area contributed by atoms with Gasteiger partial charge in [-0.25, -0.2) is 17.6 Å². The van der Waals surface area contributed by atoms with E-state index in [1.54, 1.807) is 4.90 Å². The Morgan fingerprint density at radius 3 is 2.26 bits per heavy atom. The summed E-state index contributed by atoms with van der Waals surface area (Å²) in [6.45, 7) is 4.72. The van der Waals surface area contributed by atoms with Gasteiger partial charge < -0.3 is 10.2 Å². The van der Waals surface area contributed by atoms with Crippen LogP contribution in [0.15, 0.2) is 47.4 Å². The minimum Gasteiger partial charge on any atom is -0.324 e. The molecule has 1 aliphatic heterocycles. The summed E-state index contributed by atoms with van der Waals surface area (Å²) in [4.78, 5) is 14.2. The van der Waals surface area contributed by atoms with Gasteiger partial charge >= 0.3 is 6.03 Å². The molecule has 7 heteroatoms. The molecule has 1 heterocycles. The van der Waals surface area contributed by atoms with Gasteiger partial charge in [-0.2, -0.15) is 0 Å². The van der Waals surface area contributed by atoms with Gasteiger partial charge in [0.05, 0.1) is 10.1 Å². The van der Waals surface area contributed by atoms with Crippen LogP contribution in [0.4, 0.5) is 14.9 Å². The fourth-order valence-electron chi connectivity index (χ4n) is 3.21. The zero-order valence-electron chi connectivity index (χ0n) is 15.4. The van der Waals surface area contributed by atoms with Gasteiger partial charge in [0.25, 0.3) is 0 Å². The van der Waals surface area contributed by atoms with Crippen LogP contribution in [0.3, 0.4) is 0 Å². The van der Waals surface area contributed by atoms with Crippen molar-refractivity contribution in [3.63, 3.8) is 0 Å². The average Bonchev–Trinajstić information content (AvgIpc) is 2.65. The summed E-state index contributed by atoms with van der Waals surface area (Å²) in [7, 11) is -3.52. The molecule has 2 aromatic carbocycles. The maximum absolute atomic E-state index is 13.0. The average molecular weight is 390 g/mol. The molecule has 144 valence electrons. The van der Waals surface area contributed by atoms with E-state index >= 15 is 0 Å². The Kier molecular flexibility index (Phi) is 5.51. The number of hydrogen-bond donors (Lipinski definition) is 1. The Balaban J connectivity index is 1.61. The Bertz CT molecular complexity index is 934. The van der Waals surface area contributed by atoms with Crippen molar-refractivity contribution >= 4 is 21.6 Å². The third-order valence-corrected chi connectivity index (χ3v) is 7.35. The first-order valence-corrected chi connectivity index (χ1v) is 10.4. The quantitative estimate of drug-likeness (QED) is 0.808. The molecule has 1 aliphatic rings. The van der Waals surface area contributed by atoms with E-state index in [0.29, 0.717) is 25.9 Å². The molecule has 1 fully saturated rings. The molecular formula is C20H23FN2O3S. The number of nitrogens with zero attached hydrogens (tertiary/aromatic N) is 1. The monoisotopic (exact) mass is 390 g/mol. The molecule has 1 saturated heterocycles. The summed E-state index contributed by atoms with van der Waals surface area (Å²) in [5, 5.41) is 2.31. The van der Waals surface area contributed by atoms with E-state index in [0.717, 1.165) is 28.9 Å². The first-order chi connectivity index (χ1) is 12.8. The summed E-state index contributed by atoms with van der Waals surface area (Å²) in [6.07, 6.45) is 0.722. The van der Waals surface area contributed by atoms with Gasteiger partial charge in [-0.15, -0.1) is 0 Å². The highest BCUT2D eigenvalue weighted by atomic mass is 32.2. The molecule has 27 heavy (non-hydrogen) atoms. The number of benzene rings is 2. The van der Waals surface area contributed by atoms with Crippen molar-refractivity contribution in [2.45, 2.75) is 36.8 Å². The number of hydrogen-bond acceptors (Lipinski definition) is 3. The van der Waals surface area contributed by atoms with Crippen LogP contribution in [0.1, 0.15) is 24.0 Å². The molecular weight excluding hydrogens is 367 g/mol. The molecule has 0 aromatic heterocycles. The van der Waals surface area contributed by atoms with E-state index in [-0.39, 0.29) is 10.9 Å². The van der Waals surface area contributed by atoms with Crippen molar-refractivity contribution in [3.05, 3.63) is 59.4 Å². The predicted molar refractivity (Wildman–Crippen MR) is 103 cm³/mol. The largest absolute Gasteiger partial charge is 0.324 e. The van der Waals surface area contributed by atoms with Gasteiger partial charge in [0.1, 0.15) is 5.82 Å². The summed E-state index contributed by atoms with van der Waals surface area (Å²) in [5.41, 5.74) is 2.97. The zero-order valence-corrected chi connectivity index (χ0v) is 16.2. The van der Waals surface area contributed by atoms with Gasteiger partial charge in [0.2, 0.25) is 0 Å². The van der Waals surface area contributed by atoms with Crippen LogP contribution >= 0.6 is 0 Å². The Morgan fingerprint density at radius 2 is 1.67 bits per heavy atom. The molecule has 0 spiro atoms. The van der Waals surface area contributed by atoms with Crippen molar-refractivity contribution in [2.75, 3.05) is 18.4 Å². The number of halogens is 1. The van der Waals surface area contributed by atoms with E-state index in [4.69, 9.17) is 0 Å². The van der Waals surface area contributed by atoms with Crippen LogP contribution in [0.5, 0.6) is 0 Å². The minimum atomic E-state index is -3.52. The van der Waals surface area contributed by atoms with Crippen molar-refractivity contribution in [1.29, 1.82) is 0 Å². The van der Waals surface area contributed by atoms with Crippen LogP contribution in [-0.2, 0) is 9.84 Å². The third kappa shape index (κ3) is 4.30. The molecule has 0 atom stereocenters. The van der Waals surface area contributed by atoms with E-state index in [1.165, 1.54) is 12.1 Å². The van der Waals surface area contributed by atoms with Gasteiger partial charge in [-0.05, 0) is 74.2 Å². The molecule has 1 N–H and O–H groups in total. The van der Waals surface area contributed by atoms with E-state index < -0.39 is 20.9 Å². The van der Waals surface area contributed by atoms with E-state index in [9.17, 15) is 17.6 Å². The molecule has 0 unspecified atom stereocenters. The van der Waals surface area contributed by atoms with Crippen molar-refractivity contribution in [2.24, 2.45) is 0 Å². The number of nitrogens with one attached hydrogen (secondary N) is 1. The highest BCUT2D eigenvalue weighted by Gasteiger charge is 2.32. The van der Waals surface area contributed by atoms with Gasteiger partial charge in [0, 0.05) is 18.8 Å². The highest BCUT2D eigenvalue weighted by Crippen LogP contribution is 2.25. The number of piperidine rings is 1. The Morgan fingerprint density at radius 1 is 1.04 bits per heavy atom. The SMILES string of the molecule is Cc1ccc(NC(=O)N2CCC(S(=O)(=O)c3ccc(F)cc3)CC2)cc1C. The second-order valence-electron chi connectivity index (χ2n) is 6.91. The normalized spacial score (nSPS) is 15.6. The summed E-state index contributed by atoms with van der Waals surface area (Å²) in [6, 6.07) is 10.4. The van der Waals surface area contributed by atoms with Gasteiger partial charge in [-0.1, -0.05) is 6.07 Å². The fraction of sp³-hybridized carbons (Fsp3) is 0.350. The van der Waals surface area contributed by atoms with Crippen LogP contribution in [0.2, 0.25) is 0 Å². The molecule has 0 radical (unpaired) electrons. The maximum atomic E-state index is 13.0. The molecule has 0 aliphatic carbocycles. The first kappa shape index (κ1) is 19.4. The zero-order chi connectivity index (χ0) is 19.6. The topological polar surface area (TPSA) is 66.5 Å². The minimum absolute atomic E-state index is 0.127. The van der Waals surface area contributed by atoms with Crippen molar-refractivity contribution in [1.82, 2.24) is 4.90 Å². The smallest absolute Gasteiger partial charge is 0.321 e. The molecule has 2 aromatic rings. The molecule has 5 nitrogen and oxygen atoms in total. The van der Waals surface area contributed by atoms with Crippen molar-refractivity contribution in [3.8, 4) is 0 Å². The number of urea groups is 1. The summed E-state index contributed by atoms with van der Waals surface area (Å²) >= 11 is 0. The second kappa shape index (κ2) is 7.68. The van der Waals surface area contributed by atoms with Crippen LogP contribution < -0.4 is 5.32 Å². The van der Waals surface area contributed by atoms with Crippen LogP contribution in [0, 0.1) is 19.7 Å². The number of sulfone groups is 1. The second-order valence-corrected chi connectivity index (χ2v) is 9.14. The standard InChI is InChI=1S/C20H23FN2O3S/c1-14-3-6-17(13-15(14)2)22-20(24)23-11-9-19(10-12-23)27(25,26)18-7-4-16(21)5-8-18/h3-8,13,19H,9-12H2,1-2H3,(H,22,24). The van der Waals surface area contributed by atoms with Gasteiger partial charge in [-0.3, -0.25) is 0 Å². The number of aryl methyl sites for hydroxylation is 2. The van der Waals surface area contributed by atoms with Crippen LogP contribution in [-0.4, -0.2) is 37.7 Å². The Hall–Kier alpha value is -2.41. The summed E-state index contributed by atoms with van der Waals surface area (Å²) in [5.74, 6) is -0.466. The van der Waals surface area contributed by atoms with E-state index in [1.807, 2.05) is 32.0 Å². The lowest BCUT2D eigenvalue weighted by molar-refractivity contribution is 0.200. The molecule has 0 saturated carbocycles. The number of carbonyl (C=O) groups is 1. The van der Waals surface area contributed by atoms with Crippen LogP contribution in [0.25, 0.3) is 0 Å². The lowest BCUT2D eigenvalue weighted by Gasteiger charge is -2.31.